The van der Waals surface area contributed by atoms with E-state index in [-0.39, 0.29) is 24.5 Å². The van der Waals surface area contributed by atoms with Crippen molar-refractivity contribution < 1.29 is 19.1 Å². The highest BCUT2D eigenvalue weighted by molar-refractivity contribution is 5.84. The average molecular weight is 473 g/mol. The number of fused-ring (bicyclic) bond motifs is 3. The van der Waals surface area contributed by atoms with Crippen molar-refractivity contribution in [2.24, 2.45) is 5.73 Å². The third kappa shape index (κ3) is 5.48. The maximum absolute atomic E-state index is 12.9. The Kier molecular flexibility index (Phi) is 6.83. The van der Waals surface area contributed by atoms with Crippen LogP contribution < -0.4 is 10.5 Å². The van der Waals surface area contributed by atoms with Crippen LogP contribution in [0.25, 0.3) is 11.1 Å². The summed E-state index contributed by atoms with van der Waals surface area (Å²) in [4.78, 5) is 26.5. The van der Waals surface area contributed by atoms with Gasteiger partial charge in [0.15, 0.2) is 0 Å². The Morgan fingerprint density at radius 3 is 1.97 bits per heavy atom. The van der Waals surface area contributed by atoms with Gasteiger partial charge in [0, 0.05) is 19.4 Å². The van der Waals surface area contributed by atoms with E-state index in [2.05, 4.69) is 24.3 Å². The zero-order chi connectivity index (χ0) is 25.2. The molecular formula is C29H32N2O4. The van der Waals surface area contributed by atoms with Crippen LogP contribution in [0.5, 0.6) is 5.75 Å². The lowest BCUT2D eigenvalue weighted by atomic mass is 9.98. The minimum absolute atomic E-state index is 0.0536. The Labute approximate surface area is 206 Å². The fourth-order valence-corrected chi connectivity index (χ4v) is 4.52. The van der Waals surface area contributed by atoms with Gasteiger partial charge in [0.05, 0.1) is 0 Å². The fraction of sp³-hybridized carbons (Fsp3) is 0.310. The Balaban J connectivity index is 1.43. The lowest BCUT2D eigenvalue weighted by Crippen LogP contribution is -2.47. The van der Waals surface area contributed by atoms with Gasteiger partial charge in [-0.2, -0.15) is 0 Å². The van der Waals surface area contributed by atoms with Gasteiger partial charge >= 0.3 is 6.09 Å². The number of ether oxygens (including phenoxy) is 2. The van der Waals surface area contributed by atoms with Crippen molar-refractivity contribution in [1.82, 2.24) is 4.90 Å². The first-order valence-electron chi connectivity index (χ1n) is 11.8. The number of nitrogens with zero attached hydrogens (tertiary/aromatic N) is 1. The molecule has 6 nitrogen and oxygen atoms in total. The molecule has 35 heavy (non-hydrogen) atoms. The van der Waals surface area contributed by atoms with E-state index in [4.69, 9.17) is 15.2 Å². The predicted molar refractivity (Wildman–Crippen MR) is 136 cm³/mol. The van der Waals surface area contributed by atoms with E-state index in [0.717, 1.165) is 33.6 Å². The van der Waals surface area contributed by atoms with Crippen LogP contribution in [0.3, 0.4) is 0 Å². The molecule has 1 aliphatic carbocycles. The lowest BCUT2D eigenvalue weighted by Gasteiger charge is -2.26. The zero-order valence-electron chi connectivity index (χ0n) is 20.7. The normalized spacial score (nSPS) is 13.5. The predicted octanol–water partition coefficient (Wildman–Crippen LogP) is 5.14. The molecule has 3 aromatic carbocycles. The molecule has 0 aromatic heterocycles. The second-order valence-corrected chi connectivity index (χ2v) is 9.90. The van der Waals surface area contributed by atoms with Crippen LogP contribution in [0.2, 0.25) is 0 Å². The van der Waals surface area contributed by atoms with E-state index in [9.17, 15) is 9.59 Å². The molecule has 4 rings (SSSR count). The maximum Gasteiger partial charge on any atom is 0.410 e. The first-order valence-corrected chi connectivity index (χ1v) is 11.8. The van der Waals surface area contributed by atoms with Crippen molar-refractivity contribution in [2.45, 2.75) is 44.8 Å². The summed E-state index contributed by atoms with van der Waals surface area (Å²) >= 11 is 0. The van der Waals surface area contributed by atoms with Gasteiger partial charge in [0.1, 0.15) is 24.0 Å². The maximum atomic E-state index is 12.9. The van der Waals surface area contributed by atoms with E-state index in [1.807, 2.05) is 69.3 Å². The summed E-state index contributed by atoms with van der Waals surface area (Å²) in [6, 6.07) is 22.9. The topological polar surface area (TPSA) is 81.9 Å². The summed E-state index contributed by atoms with van der Waals surface area (Å²) in [6.45, 7) is 6.12. The molecule has 0 saturated heterocycles. The highest BCUT2D eigenvalue weighted by atomic mass is 16.6. The Hall–Kier alpha value is -3.80. The molecule has 2 amide bonds. The van der Waals surface area contributed by atoms with E-state index >= 15 is 0 Å². The second-order valence-electron chi connectivity index (χ2n) is 9.90. The number of primary amides is 1. The zero-order valence-corrected chi connectivity index (χ0v) is 20.7. The summed E-state index contributed by atoms with van der Waals surface area (Å²) in [5.74, 6) is 0.0972. The molecule has 0 unspecified atom stereocenters. The fourth-order valence-electron chi connectivity index (χ4n) is 4.52. The molecule has 0 spiro atoms. The van der Waals surface area contributed by atoms with Crippen LogP contribution in [0.4, 0.5) is 4.79 Å². The van der Waals surface area contributed by atoms with Gasteiger partial charge in [0.2, 0.25) is 5.91 Å². The van der Waals surface area contributed by atoms with Crippen LogP contribution in [-0.4, -0.2) is 42.2 Å². The summed E-state index contributed by atoms with van der Waals surface area (Å²) < 4.78 is 11.6. The number of rotatable bonds is 7. The molecule has 0 heterocycles. The van der Waals surface area contributed by atoms with Crippen molar-refractivity contribution in [3.8, 4) is 16.9 Å². The minimum Gasteiger partial charge on any atom is -0.488 e. The number of carbonyl (C=O) groups is 2. The highest BCUT2D eigenvalue weighted by Crippen LogP contribution is 2.44. The summed E-state index contributed by atoms with van der Waals surface area (Å²) in [5.41, 5.74) is 10.8. The molecule has 0 radical (unpaired) electrons. The van der Waals surface area contributed by atoms with Crippen LogP contribution in [-0.2, 0) is 16.0 Å². The second kappa shape index (κ2) is 9.82. The number of nitrogens with two attached hydrogens (primary N) is 1. The van der Waals surface area contributed by atoms with Gasteiger partial charge in [-0.05, 0) is 60.7 Å². The summed E-state index contributed by atoms with van der Waals surface area (Å²) in [5, 5.41) is 0. The minimum atomic E-state index is -0.833. The van der Waals surface area contributed by atoms with Gasteiger partial charge in [-0.25, -0.2) is 4.79 Å². The van der Waals surface area contributed by atoms with Gasteiger partial charge in [-0.15, -0.1) is 0 Å². The standard InChI is InChI=1S/C29H32N2O4/c1-29(2,3)35-20-15-13-19(14-16-20)17-26(27(30)32)31(4)28(33)34-18-25-23-11-7-5-9-21(23)22-10-6-8-12-24(22)25/h5-16,25-26H,17-18H2,1-4H3,(H2,30,32)/t26-/m0/s1. The van der Waals surface area contributed by atoms with Crippen molar-refractivity contribution in [3.05, 3.63) is 89.5 Å². The van der Waals surface area contributed by atoms with Crippen LogP contribution >= 0.6 is 0 Å². The molecular weight excluding hydrogens is 440 g/mol. The molecule has 0 fully saturated rings. The summed E-state index contributed by atoms with van der Waals surface area (Å²) in [7, 11) is 1.55. The molecule has 0 saturated carbocycles. The Bertz CT molecular complexity index is 1170. The van der Waals surface area contributed by atoms with Crippen molar-refractivity contribution in [3.63, 3.8) is 0 Å². The van der Waals surface area contributed by atoms with E-state index in [0.29, 0.717) is 0 Å². The van der Waals surface area contributed by atoms with Gasteiger partial charge in [-0.3, -0.25) is 9.69 Å². The van der Waals surface area contributed by atoms with Crippen molar-refractivity contribution in [2.75, 3.05) is 13.7 Å². The van der Waals surface area contributed by atoms with Crippen molar-refractivity contribution in [1.29, 1.82) is 0 Å². The monoisotopic (exact) mass is 472 g/mol. The molecule has 6 heteroatoms. The van der Waals surface area contributed by atoms with Gasteiger partial charge < -0.3 is 15.2 Å². The SMILES string of the molecule is CN(C(=O)OCC1c2ccccc2-c2ccccc21)[C@@H](Cc1ccc(OC(C)(C)C)cc1)C(N)=O. The number of likely N-dealkylation sites (N-methyl/N-ethyl adjacent to an activating group) is 1. The molecule has 3 aromatic rings. The number of carbonyl (C=O) groups excluding carboxylic acids is 2. The molecule has 1 aliphatic rings. The van der Waals surface area contributed by atoms with Gasteiger partial charge in [-0.1, -0.05) is 60.7 Å². The number of benzene rings is 3. The number of hydrogen-bond donors (Lipinski definition) is 1. The number of hydrogen-bond acceptors (Lipinski definition) is 4. The smallest absolute Gasteiger partial charge is 0.410 e. The number of amides is 2. The van der Waals surface area contributed by atoms with E-state index < -0.39 is 18.0 Å². The Morgan fingerprint density at radius 2 is 1.46 bits per heavy atom. The van der Waals surface area contributed by atoms with Crippen molar-refractivity contribution >= 4 is 12.0 Å². The first kappa shape index (κ1) is 24.3. The first-order chi connectivity index (χ1) is 16.6. The molecule has 1 atom stereocenters. The van der Waals surface area contributed by atoms with Gasteiger partial charge in [0.25, 0.3) is 0 Å². The summed E-state index contributed by atoms with van der Waals surface area (Å²) in [6.07, 6.45) is -0.297. The highest BCUT2D eigenvalue weighted by Gasteiger charge is 2.31. The Morgan fingerprint density at radius 1 is 0.914 bits per heavy atom. The lowest BCUT2D eigenvalue weighted by molar-refractivity contribution is -0.122. The largest absolute Gasteiger partial charge is 0.488 e. The van der Waals surface area contributed by atoms with E-state index in [1.54, 1.807) is 7.05 Å². The van der Waals surface area contributed by atoms with Crippen LogP contribution in [0.15, 0.2) is 72.8 Å². The third-order valence-corrected chi connectivity index (χ3v) is 6.20. The molecule has 0 bridgehead atoms. The van der Waals surface area contributed by atoms with E-state index in [1.165, 1.54) is 4.90 Å². The third-order valence-electron chi connectivity index (χ3n) is 6.20. The molecule has 2 N–H and O–H groups in total. The van der Waals surface area contributed by atoms with Crippen LogP contribution in [0.1, 0.15) is 43.4 Å². The quantitative estimate of drug-likeness (QED) is 0.516. The molecule has 0 aliphatic heterocycles. The molecule has 182 valence electrons. The van der Waals surface area contributed by atoms with Crippen LogP contribution in [0, 0.1) is 0 Å². The average Bonchev–Trinajstić information content (AvgIpc) is 3.14.